The number of hydrogen-bond donors (Lipinski definition) is 1. The number of nitrogens with one attached hydrogen (secondary N) is 1. The highest BCUT2D eigenvalue weighted by Crippen LogP contribution is 2.24. The SMILES string of the molecule is CCNCc1cc(CN(C)Cc2ccccc2Cl)c(C)s1. The van der Waals surface area contributed by atoms with Crippen molar-refractivity contribution in [1.29, 1.82) is 0 Å². The fourth-order valence-electron chi connectivity index (χ4n) is 2.34. The molecule has 0 unspecified atom stereocenters. The van der Waals surface area contributed by atoms with E-state index < -0.39 is 0 Å². The summed E-state index contributed by atoms with van der Waals surface area (Å²) in [7, 11) is 2.14. The molecule has 0 amide bonds. The van der Waals surface area contributed by atoms with Gasteiger partial charge in [-0.15, -0.1) is 11.3 Å². The molecule has 0 saturated heterocycles. The first-order valence-electron chi connectivity index (χ1n) is 7.31. The molecule has 2 nitrogen and oxygen atoms in total. The normalized spacial score (nSPS) is 11.3. The van der Waals surface area contributed by atoms with E-state index >= 15 is 0 Å². The Kier molecular flexibility index (Phi) is 6.24. The van der Waals surface area contributed by atoms with Crippen molar-refractivity contribution in [3.05, 3.63) is 56.2 Å². The van der Waals surface area contributed by atoms with Crippen molar-refractivity contribution in [2.45, 2.75) is 33.5 Å². The van der Waals surface area contributed by atoms with Gasteiger partial charge in [0.2, 0.25) is 0 Å². The summed E-state index contributed by atoms with van der Waals surface area (Å²) in [4.78, 5) is 5.14. The van der Waals surface area contributed by atoms with Gasteiger partial charge in [-0.3, -0.25) is 4.90 Å². The minimum Gasteiger partial charge on any atom is -0.312 e. The van der Waals surface area contributed by atoms with Crippen molar-refractivity contribution in [2.75, 3.05) is 13.6 Å². The standard InChI is InChI=1S/C17H23ClN2S/c1-4-19-10-16-9-15(13(2)21-16)12-20(3)11-14-7-5-6-8-17(14)18/h5-9,19H,4,10-12H2,1-3H3. The highest BCUT2D eigenvalue weighted by atomic mass is 35.5. The van der Waals surface area contributed by atoms with Crippen molar-refractivity contribution >= 4 is 22.9 Å². The molecular formula is C17H23ClN2S. The molecule has 0 aliphatic carbocycles. The third kappa shape index (κ3) is 4.82. The number of aryl methyl sites for hydroxylation is 1. The monoisotopic (exact) mass is 322 g/mol. The van der Waals surface area contributed by atoms with E-state index in [-0.39, 0.29) is 0 Å². The summed E-state index contributed by atoms with van der Waals surface area (Å²) in [6.45, 7) is 8.16. The lowest BCUT2D eigenvalue weighted by molar-refractivity contribution is 0.319. The Balaban J connectivity index is 1.98. The number of hydrogen-bond acceptors (Lipinski definition) is 3. The van der Waals surface area contributed by atoms with Gasteiger partial charge in [0, 0.05) is 34.4 Å². The van der Waals surface area contributed by atoms with Crippen molar-refractivity contribution < 1.29 is 0 Å². The number of benzene rings is 1. The molecule has 0 saturated carbocycles. The summed E-state index contributed by atoms with van der Waals surface area (Å²) in [5, 5.41) is 4.23. The molecule has 0 spiro atoms. The lowest BCUT2D eigenvalue weighted by Gasteiger charge is -2.17. The lowest BCUT2D eigenvalue weighted by Crippen LogP contribution is -2.17. The van der Waals surface area contributed by atoms with Crippen molar-refractivity contribution in [2.24, 2.45) is 0 Å². The molecular weight excluding hydrogens is 300 g/mol. The molecule has 0 aliphatic rings. The molecule has 1 aromatic carbocycles. The molecule has 0 atom stereocenters. The van der Waals surface area contributed by atoms with E-state index in [2.05, 4.69) is 43.2 Å². The van der Waals surface area contributed by atoms with Gasteiger partial charge >= 0.3 is 0 Å². The van der Waals surface area contributed by atoms with Gasteiger partial charge in [0.15, 0.2) is 0 Å². The number of nitrogens with zero attached hydrogens (tertiary/aromatic N) is 1. The van der Waals surface area contributed by atoms with Crippen LogP contribution in [0.3, 0.4) is 0 Å². The van der Waals surface area contributed by atoms with Gasteiger partial charge in [0.1, 0.15) is 0 Å². The van der Waals surface area contributed by atoms with E-state index in [0.717, 1.165) is 31.2 Å². The second kappa shape index (κ2) is 7.95. The largest absolute Gasteiger partial charge is 0.312 e. The van der Waals surface area contributed by atoms with E-state index in [0.29, 0.717) is 0 Å². The van der Waals surface area contributed by atoms with Gasteiger partial charge < -0.3 is 5.32 Å². The van der Waals surface area contributed by atoms with Crippen LogP contribution >= 0.6 is 22.9 Å². The number of thiophene rings is 1. The van der Waals surface area contributed by atoms with Gasteiger partial charge in [-0.05, 0) is 43.8 Å². The maximum absolute atomic E-state index is 6.23. The zero-order chi connectivity index (χ0) is 15.2. The fraction of sp³-hybridized carbons (Fsp3) is 0.412. The Labute approximate surface area is 136 Å². The lowest BCUT2D eigenvalue weighted by atomic mass is 10.2. The predicted molar refractivity (Wildman–Crippen MR) is 93.1 cm³/mol. The minimum absolute atomic E-state index is 0.847. The molecule has 2 aromatic rings. The first kappa shape index (κ1) is 16.5. The number of halogens is 1. The van der Waals surface area contributed by atoms with E-state index in [4.69, 9.17) is 11.6 Å². The Hall–Kier alpha value is -0.870. The van der Waals surface area contributed by atoms with Crippen LogP contribution in [-0.2, 0) is 19.6 Å². The molecule has 2 rings (SSSR count). The molecule has 0 fully saturated rings. The second-order valence-corrected chi connectivity index (χ2v) is 7.09. The first-order chi connectivity index (χ1) is 10.1. The van der Waals surface area contributed by atoms with Crippen LogP contribution in [-0.4, -0.2) is 18.5 Å². The Bertz CT molecular complexity index is 580. The van der Waals surface area contributed by atoms with Crippen LogP contribution in [0.25, 0.3) is 0 Å². The summed E-state index contributed by atoms with van der Waals surface area (Å²) in [6.07, 6.45) is 0. The van der Waals surface area contributed by atoms with Gasteiger partial charge in [0.25, 0.3) is 0 Å². The predicted octanol–water partition coefficient (Wildman–Crippen LogP) is 4.45. The van der Waals surface area contributed by atoms with E-state index in [1.54, 1.807) is 0 Å². The highest BCUT2D eigenvalue weighted by Gasteiger charge is 2.09. The Morgan fingerprint density at radius 1 is 1.19 bits per heavy atom. The van der Waals surface area contributed by atoms with Crippen LogP contribution in [0.5, 0.6) is 0 Å². The van der Waals surface area contributed by atoms with Gasteiger partial charge in [-0.2, -0.15) is 0 Å². The smallest absolute Gasteiger partial charge is 0.0451 e. The summed E-state index contributed by atoms with van der Waals surface area (Å²) >= 11 is 8.12. The first-order valence-corrected chi connectivity index (χ1v) is 8.50. The Morgan fingerprint density at radius 2 is 1.90 bits per heavy atom. The van der Waals surface area contributed by atoms with E-state index in [1.165, 1.54) is 20.9 Å². The highest BCUT2D eigenvalue weighted by molar-refractivity contribution is 7.12. The average molecular weight is 323 g/mol. The van der Waals surface area contributed by atoms with Crippen LogP contribution in [0.1, 0.15) is 27.8 Å². The second-order valence-electron chi connectivity index (χ2n) is 5.34. The van der Waals surface area contributed by atoms with Gasteiger partial charge in [-0.1, -0.05) is 36.7 Å². The fourth-order valence-corrected chi connectivity index (χ4v) is 3.56. The molecule has 0 radical (unpaired) electrons. The molecule has 114 valence electrons. The van der Waals surface area contributed by atoms with Crippen LogP contribution in [0, 0.1) is 6.92 Å². The average Bonchev–Trinajstić information content (AvgIpc) is 2.79. The topological polar surface area (TPSA) is 15.3 Å². The molecule has 4 heteroatoms. The van der Waals surface area contributed by atoms with Crippen LogP contribution < -0.4 is 5.32 Å². The molecule has 1 heterocycles. The molecule has 21 heavy (non-hydrogen) atoms. The van der Waals surface area contributed by atoms with Crippen molar-refractivity contribution in [3.63, 3.8) is 0 Å². The summed E-state index contributed by atoms with van der Waals surface area (Å²) in [5.74, 6) is 0. The Morgan fingerprint density at radius 3 is 2.62 bits per heavy atom. The number of rotatable bonds is 7. The van der Waals surface area contributed by atoms with Crippen LogP contribution in [0.4, 0.5) is 0 Å². The maximum atomic E-state index is 6.23. The maximum Gasteiger partial charge on any atom is 0.0451 e. The third-order valence-electron chi connectivity index (χ3n) is 3.46. The summed E-state index contributed by atoms with van der Waals surface area (Å²) in [5.41, 5.74) is 2.60. The van der Waals surface area contributed by atoms with Crippen molar-refractivity contribution in [1.82, 2.24) is 10.2 Å². The van der Waals surface area contributed by atoms with E-state index in [1.807, 2.05) is 29.5 Å². The van der Waals surface area contributed by atoms with E-state index in [9.17, 15) is 0 Å². The van der Waals surface area contributed by atoms with Crippen molar-refractivity contribution in [3.8, 4) is 0 Å². The van der Waals surface area contributed by atoms with Crippen LogP contribution in [0.15, 0.2) is 30.3 Å². The quantitative estimate of drug-likeness (QED) is 0.810. The zero-order valence-electron chi connectivity index (χ0n) is 12.9. The molecule has 0 bridgehead atoms. The van der Waals surface area contributed by atoms with Gasteiger partial charge in [-0.25, -0.2) is 0 Å². The zero-order valence-corrected chi connectivity index (χ0v) is 14.5. The summed E-state index contributed by atoms with van der Waals surface area (Å²) in [6, 6.07) is 10.4. The molecule has 1 aromatic heterocycles. The van der Waals surface area contributed by atoms with Gasteiger partial charge in [0.05, 0.1) is 0 Å². The molecule has 0 aliphatic heterocycles. The summed E-state index contributed by atoms with van der Waals surface area (Å²) < 4.78 is 0. The van der Waals surface area contributed by atoms with Crippen LogP contribution in [0.2, 0.25) is 5.02 Å². The molecule has 1 N–H and O–H groups in total. The minimum atomic E-state index is 0.847. The third-order valence-corrected chi connectivity index (χ3v) is 4.92.